The van der Waals surface area contributed by atoms with Gasteiger partial charge in [0.25, 0.3) is 5.91 Å². The van der Waals surface area contributed by atoms with Gasteiger partial charge in [0.15, 0.2) is 0 Å². The van der Waals surface area contributed by atoms with Crippen molar-refractivity contribution < 1.29 is 14.0 Å². The van der Waals surface area contributed by atoms with Crippen LogP contribution in [-0.2, 0) is 4.79 Å². The van der Waals surface area contributed by atoms with E-state index in [4.69, 9.17) is 0 Å². The molecule has 28 heavy (non-hydrogen) atoms. The normalized spacial score (nSPS) is 10.6. The van der Waals surface area contributed by atoms with Crippen LogP contribution in [-0.4, -0.2) is 35.3 Å². The molecule has 1 heterocycles. The van der Waals surface area contributed by atoms with E-state index in [0.29, 0.717) is 21.3 Å². The average molecular weight is 462 g/mol. The number of anilines is 1. The molecule has 0 atom stereocenters. The van der Waals surface area contributed by atoms with Crippen molar-refractivity contribution in [3.8, 4) is 10.6 Å². The standard InChI is InChI=1S/C20H17BrFN3O2S/c1-12-18(28-19(23-12)13-7-9-14(22)10-8-13)20(27)25(2)11-17(26)24-16-6-4-3-5-15(16)21/h3-10H,11H2,1-2H3,(H,24,26). The second kappa shape index (κ2) is 8.62. The third-order valence-corrected chi connectivity index (χ3v) is 5.84. The molecule has 0 fully saturated rings. The SMILES string of the molecule is Cc1nc(-c2ccc(F)cc2)sc1C(=O)N(C)CC(=O)Nc1ccccc1Br. The van der Waals surface area contributed by atoms with Crippen LogP contribution >= 0.6 is 27.3 Å². The van der Waals surface area contributed by atoms with Gasteiger partial charge < -0.3 is 10.2 Å². The number of aryl methyl sites for hydroxylation is 1. The second-order valence-corrected chi connectivity index (χ2v) is 7.98. The predicted molar refractivity (Wildman–Crippen MR) is 112 cm³/mol. The molecule has 144 valence electrons. The van der Waals surface area contributed by atoms with Gasteiger partial charge in [0, 0.05) is 17.1 Å². The van der Waals surface area contributed by atoms with E-state index in [1.807, 2.05) is 18.2 Å². The van der Waals surface area contributed by atoms with Gasteiger partial charge in [-0.05, 0) is 59.3 Å². The van der Waals surface area contributed by atoms with E-state index in [-0.39, 0.29) is 24.2 Å². The van der Waals surface area contributed by atoms with E-state index in [2.05, 4.69) is 26.2 Å². The number of carbonyl (C=O) groups is 2. The molecule has 0 aliphatic carbocycles. The van der Waals surface area contributed by atoms with Gasteiger partial charge in [-0.15, -0.1) is 11.3 Å². The molecule has 5 nitrogen and oxygen atoms in total. The Morgan fingerprint density at radius 1 is 1.18 bits per heavy atom. The quantitative estimate of drug-likeness (QED) is 0.597. The maximum atomic E-state index is 13.1. The highest BCUT2D eigenvalue weighted by atomic mass is 79.9. The van der Waals surface area contributed by atoms with E-state index < -0.39 is 0 Å². The van der Waals surface area contributed by atoms with Gasteiger partial charge in [-0.25, -0.2) is 9.37 Å². The molecule has 0 bridgehead atoms. The number of likely N-dealkylation sites (N-methyl/N-ethyl adjacent to an activating group) is 1. The molecule has 0 spiro atoms. The monoisotopic (exact) mass is 461 g/mol. The summed E-state index contributed by atoms with van der Waals surface area (Å²) in [4.78, 5) is 31.3. The zero-order valence-corrected chi connectivity index (χ0v) is 17.6. The smallest absolute Gasteiger partial charge is 0.266 e. The Hall–Kier alpha value is -2.58. The summed E-state index contributed by atoms with van der Waals surface area (Å²) < 4.78 is 13.9. The maximum Gasteiger partial charge on any atom is 0.266 e. The molecular formula is C20H17BrFN3O2S. The molecule has 0 aliphatic heterocycles. The van der Waals surface area contributed by atoms with E-state index in [1.54, 1.807) is 32.2 Å². The lowest BCUT2D eigenvalue weighted by atomic mass is 10.2. The number of nitrogens with zero attached hydrogens (tertiary/aromatic N) is 2. The molecule has 0 unspecified atom stereocenters. The Bertz CT molecular complexity index is 1020. The molecule has 0 saturated heterocycles. The molecule has 0 saturated carbocycles. The van der Waals surface area contributed by atoms with Gasteiger partial charge in [-0.2, -0.15) is 0 Å². The van der Waals surface area contributed by atoms with Crippen LogP contribution in [0.25, 0.3) is 10.6 Å². The third kappa shape index (κ3) is 4.63. The summed E-state index contributed by atoms with van der Waals surface area (Å²) in [5, 5.41) is 3.40. The topological polar surface area (TPSA) is 62.3 Å². The van der Waals surface area contributed by atoms with Crippen molar-refractivity contribution in [1.82, 2.24) is 9.88 Å². The van der Waals surface area contributed by atoms with Gasteiger partial charge >= 0.3 is 0 Å². The molecule has 2 aromatic carbocycles. The van der Waals surface area contributed by atoms with Crippen molar-refractivity contribution in [2.24, 2.45) is 0 Å². The third-order valence-electron chi connectivity index (χ3n) is 3.96. The van der Waals surface area contributed by atoms with Gasteiger partial charge in [0.05, 0.1) is 17.9 Å². The summed E-state index contributed by atoms with van der Waals surface area (Å²) >= 11 is 4.59. The minimum atomic E-state index is -0.330. The zero-order valence-electron chi connectivity index (χ0n) is 15.2. The van der Waals surface area contributed by atoms with E-state index in [9.17, 15) is 14.0 Å². The number of para-hydroxylation sites is 1. The fraction of sp³-hybridized carbons (Fsp3) is 0.150. The Balaban J connectivity index is 1.70. The summed E-state index contributed by atoms with van der Waals surface area (Å²) in [5.41, 5.74) is 1.95. The highest BCUT2D eigenvalue weighted by molar-refractivity contribution is 9.10. The van der Waals surface area contributed by atoms with Crippen molar-refractivity contribution in [2.45, 2.75) is 6.92 Å². The first kappa shape index (κ1) is 20.2. The van der Waals surface area contributed by atoms with Crippen LogP contribution in [0.4, 0.5) is 10.1 Å². The number of amides is 2. The highest BCUT2D eigenvalue weighted by Crippen LogP contribution is 2.29. The fourth-order valence-electron chi connectivity index (χ4n) is 2.52. The van der Waals surface area contributed by atoms with E-state index >= 15 is 0 Å². The Morgan fingerprint density at radius 2 is 1.86 bits per heavy atom. The fourth-order valence-corrected chi connectivity index (χ4v) is 3.97. The van der Waals surface area contributed by atoms with Crippen LogP contribution in [0.5, 0.6) is 0 Å². The molecule has 0 radical (unpaired) electrons. The number of hydrogen-bond acceptors (Lipinski definition) is 4. The number of rotatable bonds is 5. The van der Waals surface area contributed by atoms with Gasteiger partial charge in [-0.3, -0.25) is 9.59 Å². The van der Waals surface area contributed by atoms with Crippen LogP contribution in [0.3, 0.4) is 0 Å². The van der Waals surface area contributed by atoms with Crippen molar-refractivity contribution in [2.75, 3.05) is 18.9 Å². The number of halogens is 2. The van der Waals surface area contributed by atoms with Crippen molar-refractivity contribution in [3.63, 3.8) is 0 Å². The summed E-state index contributed by atoms with van der Waals surface area (Å²) in [6, 6.07) is 13.2. The number of aromatic nitrogens is 1. The van der Waals surface area contributed by atoms with Crippen LogP contribution in [0.1, 0.15) is 15.4 Å². The predicted octanol–water partition coefficient (Wildman–Crippen LogP) is 4.73. The van der Waals surface area contributed by atoms with Crippen molar-refractivity contribution in [1.29, 1.82) is 0 Å². The van der Waals surface area contributed by atoms with Crippen molar-refractivity contribution in [3.05, 3.63) is 69.4 Å². The Morgan fingerprint density at radius 3 is 2.54 bits per heavy atom. The molecule has 3 rings (SSSR count). The number of hydrogen-bond donors (Lipinski definition) is 1. The van der Waals surface area contributed by atoms with Crippen LogP contribution in [0.15, 0.2) is 53.0 Å². The lowest BCUT2D eigenvalue weighted by Gasteiger charge is -2.16. The number of nitrogens with one attached hydrogen (secondary N) is 1. The zero-order chi connectivity index (χ0) is 20.3. The summed E-state index contributed by atoms with van der Waals surface area (Å²) in [6.07, 6.45) is 0. The van der Waals surface area contributed by atoms with Gasteiger partial charge in [0.1, 0.15) is 15.7 Å². The first-order valence-corrected chi connectivity index (χ1v) is 9.99. The Labute approximate surface area is 174 Å². The van der Waals surface area contributed by atoms with E-state index in [1.165, 1.54) is 28.4 Å². The molecule has 3 aromatic rings. The lowest BCUT2D eigenvalue weighted by molar-refractivity contribution is -0.116. The number of carbonyl (C=O) groups excluding carboxylic acids is 2. The summed E-state index contributed by atoms with van der Waals surface area (Å²) in [5.74, 6) is -0.918. The molecule has 8 heteroatoms. The summed E-state index contributed by atoms with van der Waals surface area (Å²) in [7, 11) is 1.57. The first-order valence-electron chi connectivity index (χ1n) is 8.38. The van der Waals surface area contributed by atoms with Gasteiger partial charge in [-0.1, -0.05) is 12.1 Å². The minimum Gasteiger partial charge on any atom is -0.332 e. The van der Waals surface area contributed by atoms with Crippen LogP contribution < -0.4 is 5.32 Å². The molecule has 0 aliphatic rings. The minimum absolute atomic E-state index is 0.0939. The number of benzene rings is 2. The van der Waals surface area contributed by atoms with Crippen LogP contribution in [0.2, 0.25) is 0 Å². The number of thiazole rings is 1. The second-order valence-electron chi connectivity index (χ2n) is 6.13. The lowest BCUT2D eigenvalue weighted by Crippen LogP contribution is -2.34. The van der Waals surface area contributed by atoms with E-state index in [0.717, 1.165) is 10.0 Å². The first-order chi connectivity index (χ1) is 13.3. The summed E-state index contributed by atoms with van der Waals surface area (Å²) in [6.45, 7) is 1.65. The molecule has 1 aromatic heterocycles. The molecule has 1 N–H and O–H groups in total. The maximum absolute atomic E-state index is 13.1. The van der Waals surface area contributed by atoms with Gasteiger partial charge in [0.2, 0.25) is 5.91 Å². The molecular weight excluding hydrogens is 445 g/mol. The average Bonchev–Trinajstić information content (AvgIpc) is 3.05. The van der Waals surface area contributed by atoms with Crippen LogP contribution in [0, 0.1) is 12.7 Å². The molecule has 2 amide bonds. The Kier molecular flexibility index (Phi) is 6.21. The highest BCUT2D eigenvalue weighted by Gasteiger charge is 2.21. The largest absolute Gasteiger partial charge is 0.332 e. The van der Waals surface area contributed by atoms with Crippen molar-refractivity contribution >= 4 is 44.8 Å².